The molecule has 3 N–H and O–H groups in total. The average molecular weight is 1890 g/mol. The first-order valence-electron chi connectivity index (χ1n) is 20.3. The van der Waals surface area contributed by atoms with Gasteiger partial charge in [0, 0.05) is 44.9 Å². The number of nitrogens with two attached hydrogens (primary N) is 1. The fourth-order valence-electron chi connectivity index (χ4n) is 4.24. The molecule has 0 aliphatic carbocycles. The summed E-state index contributed by atoms with van der Waals surface area (Å²) in [5.41, 5.74) is 5.76. The van der Waals surface area contributed by atoms with Gasteiger partial charge in [0.15, 0.2) is 0 Å². The van der Waals surface area contributed by atoms with E-state index in [1.165, 1.54) is 8.47 Å². The molecule has 0 fully saturated rings. The molecule has 0 aliphatic heterocycles. The molecule has 0 atom stereocenters. The molecule has 73 heavy (non-hydrogen) atoms. The number of ether oxygens (including phenoxy) is 4. The van der Waals surface area contributed by atoms with Gasteiger partial charge in [-0.3, -0.25) is 15.0 Å². The van der Waals surface area contributed by atoms with Crippen molar-refractivity contribution in [3.8, 4) is 0 Å². The Morgan fingerprint density at radius 1 is 0.562 bits per heavy atom. The van der Waals surface area contributed by atoms with Gasteiger partial charge in [0.25, 0.3) is 6.47 Å². The Morgan fingerprint density at radius 3 is 1.19 bits per heavy atom. The van der Waals surface area contributed by atoms with Gasteiger partial charge in [-0.25, -0.2) is 19.2 Å². The van der Waals surface area contributed by atoms with Gasteiger partial charge in [-0.1, -0.05) is 22.6 Å². The minimum absolute atomic E-state index is 0. The molecule has 4 aromatic rings. The second-order valence-corrected chi connectivity index (χ2v) is 26.0. The van der Waals surface area contributed by atoms with E-state index in [9.17, 15) is 19.2 Å². The van der Waals surface area contributed by atoms with Crippen molar-refractivity contribution >= 4 is 230 Å². The molecule has 398 valence electrons. The van der Waals surface area contributed by atoms with Crippen LogP contribution in [0.1, 0.15) is 84.5 Å². The number of benzene rings is 4. The molecule has 0 radical (unpaired) electrons. The molecular weight excluding hydrogens is 1830 g/mol. The van der Waals surface area contributed by atoms with E-state index in [4.69, 9.17) is 34.7 Å². The topological polar surface area (TPSA) is 199 Å². The summed E-state index contributed by atoms with van der Waals surface area (Å²) in [5, 5.41) is 11.1. The summed E-state index contributed by atoms with van der Waals surface area (Å²) in [6, 6.07) is 22.6. The number of hydrogen-bond acceptors (Lipinski definition) is 12. The van der Waals surface area contributed by atoms with Crippen LogP contribution in [-0.4, -0.2) is 65.2 Å². The second kappa shape index (κ2) is 40.4. The van der Waals surface area contributed by atoms with Crippen molar-refractivity contribution in [1.29, 1.82) is 0 Å². The molecule has 0 unspecified atom stereocenters. The van der Waals surface area contributed by atoms with Crippen molar-refractivity contribution < 1.29 is 157 Å². The standard InChI is InChI=1S/C16H21BrINO4.C12H15BrINO2.C11H13BrINO2.C6H5BrIN.CH3I.CH2O3.2K.H/c1-15(2,3)22-13(20)19(14(21)23-16(4,5)6)12-8-7-10(18)9-11(12)17;1-12(2,3)17-11(16)15(4)10-6-5-8(14)7-9(10)13;1-11(2,3)16-10(15)14-9-5-4-7(13)6-8(9)12;7-5-3-4(8)1-2-6(5)9;1-2;2-1-4-3;;;/h7-9H,1-6H3;5-7H,1-4H3;4-6H,1-3H3,(H,14,15);1-3H,9H2;1H3;1,3H;;;/q;;;;;;2*+1;-1/p-1. The number of carbonyl (C=O) groups excluding carboxylic acids is 5. The smallest absolute Gasteiger partial charge is 1.00 e. The van der Waals surface area contributed by atoms with Crippen LogP contribution in [0.2, 0.25) is 0 Å². The summed E-state index contributed by atoms with van der Waals surface area (Å²) in [6.45, 7) is 21.3. The van der Waals surface area contributed by atoms with E-state index in [2.05, 4.69) is 187 Å². The molecule has 0 saturated carbocycles. The number of nitrogen functional groups attached to an aromatic ring is 1. The number of halogens is 9. The fourth-order valence-corrected chi connectivity index (χ4v) is 9.97. The predicted molar refractivity (Wildman–Crippen MR) is 339 cm³/mol. The van der Waals surface area contributed by atoms with Crippen molar-refractivity contribution in [3.05, 3.63) is 105 Å². The van der Waals surface area contributed by atoms with Crippen LogP contribution in [0.15, 0.2) is 90.7 Å². The molecule has 4 aromatic carbocycles. The molecule has 26 heteroatoms. The van der Waals surface area contributed by atoms with Gasteiger partial charge in [-0.15, -0.1) is 0 Å². The van der Waals surface area contributed by atoms with E-state index in [0.29, 0.717) is 15.8 Å². The van der Waals surface area contributed by atoms with Gasteiger partial charge in [0.2, 0.25) is 0 Å². The summed E-state index contributed by atoms with van der Waals surface area (Å²) < 4.78 is 28.8. The number of alkyl halides is 1. The minimum atomic E-state index is -0.784. The summed E-state index contributed by atoms with van der Waals surface area (Å²) in [7, 11) is 1.70. The number of anilines is 4. The van der Waals surface area contributed by atoms with Crippen LogP contribution >= 0.6 is 177 Å². The van der Waals surface area contributed by atoms with Crippen LogP contribution in [0.5, 0.6) is 0 Å². The summed E-state index contributed by atoms with van der Waals surface area (Å²) >= 11 is 24.5. The largest absolute Gasteiger partial charge is 1.00 e. The van der Waals surface area contributed by atoms with Gasteiger partial charge in [0.1, 0.15) is 22.4 Å². The molecule has 0 aliphatic rings. The Bertz CT molecular complexity index is 2350. The number of amides is 4. The Labute approximate surface area is 619 Å². The summed E-state index contributed by atoms with van der Waals surface area (Å²) in [5.74, 6) is 0. The second-order valence-electron chi connectivity index (χ2n) is 17.6. The Morgan fingerprint density at radius 2 is 0.877 bits per heavy atom. The van der Waals surface area contributed by atoms with E-state index >= 15 is 0 Å². The molecule has 0 saturated heterocycles. The third-order valence-electron chi connectivity index (χ3n) is 6.81. The molecule has 0 bridgehead atoms. The normalized spacial score (nSPS) is 10.3. The minimum Gasteiger partial charge on any atom is -1.00 e. The monoisotopic (exact) mass is 1880 g/mol. The van der Waals surface area contributed by atoms with Crippen molar-refractivity contribution in [1.82, 2.24) is 0 Å². The van der Waals surface area contributed by atoms with E-state index in [1.54, 1.807) is 66.8 Å². The molecule has 4 amide bonds. The first kappa shape index (κ1) is 81.7. The Kier molecular flexibility index (Phi) is 45.2. The van der Waals surface area contributed by atoms with Crippen molar-refractivity contribution in [2.24, 2.45) is 0 Å². The zero-order valence-corrected chi connectivity index (χ0v) is 66.7. The summed E-state index contributed by atoms with van der Waals surface area (Å²) in [4.78, 5) is 64.0. The van der Waals surface area contributed by atoms with Crippen molar-refractivity contribution in [3.63, 3.8) is 0 Å². The number of hydrogen-bond donors (Lipinski definition) is 2. The molecule has 0 aromatic heterocycles. The van der Waals surface area contributed by atoms with Gasteiger partial charge < -0.3 is 36.3 Å². The van der Waals surface area contributed by atoms with Crippen LogP contribution in [-0.2, 0) is 28.6 Å². The zero-order valence-electron chi connectivity index (χ0n) is 44.4. The van der Waals surface area contributed by atoms with Gasteiger partial charge in [-0.2, -0.15) is 4.90 Å². The number of nitrogens with one attached hydrogen (secondary N) is 1. The first-order chi connectivity index (χ1) is 32.4. The van der Waals surface area contributed by atoms with Crippen LogP contribution < -0.4 is 129 Å². The summed E-state index contributed by atoms with van der Waals surface area (Å²) in [6.07, 6.45) is -2.38. The van der Waals surface area contributed by atoms with Crippen LogP contribution in [0.4, 0.5) is 41.9 Å². The first-order valence-corrected chi connectivity index (χ1v) is 29.9. The number of nitrogens with zero attached hydrogens (tertiary/aromatic N) is 2. The number of rotatable bonds is 4. The maximum atomic E-state index is 12.5. The maximum Gasteiger partial charge on any atom is 1.00 e. The molecule has 0 heterocycles. The maximum absolute atomic E-state index is 12.5. The molecular formula is C47H59Br4I5K2N4O11. The average Bonchev–Trinajstić information content (AvgIpc) is 3.20. The van der Waals surface area contributed by atoms with E-state index in [1.807, 2.05) is 101 Å². The number of imide groups is 1. The quantitative estimate of drug-likeness (QED) is 0.0287. The van der Waals surface area contributed by atoms with Crippen LogP contribution in [0.3, 0.4) is 0 Å². The predicted octanol–water partition coefficient (Wildman–Crippen LogP) is 10.8. The fraction of sp³-hybridized carbons (Fsp3) is 0.383. The SMILES string of the molecule is CC(C)(C)OC(=O)N(C(=O)OC(C)(C)C)c1ccc(I)cc1Br.CC(C)(C)OC(=O)Nc1ccc(I)cc1Br.CI.CN(C(=O)OC(C)(C)C)c1ccc(I)cc1Br.Nc1ccc(I)cc1Br.O=CO[O-].[H-].[K+].[K+]. The van der Waals surface area contributed by atoms with Gasteiger partial charge in [-0.05, 0) is 315 Å². The van der Waals surface area contributed by atoms with Crippen molar-refractivity contribution in [2.75, 3.05) is 32.8 Å². The van der Waals surface area contributed by atoms with Gasteiger partial charge in [0.05, 0.1) is 17.1 Å². The molecule has 15 nitrogen and oxygen atoms in total. The number of carbonyl (C=O) groups is 5. The zero-order chi connectivity index (χ0) is 55.8. The molecule has 0 spiro atoms. The van der Waals surface area contributed by atoms with E-state index in [-0.39, 0.29) is 117 Å². The van der Waals surface area contributed by atoms with E-state index < -0.39 is 40.7 Å². The van der Waals surface area contributed by atoms with Crippen LogP contribution in [0.25, 0.3) is 0 Å². The van der Waals surface area contributed by atoms with E-state index in [0.717, 1.165) is 40.4 Å². The Hall–Kier alpha value is 2.23. The van der Waals surface area contributed by atoms with Crippen LogP contribution in [0, 0.1) is 14.3 Å². The Balaban J connectivity index is -0.000000281. The third kappa shape index (κ3) is 39.3. The van der Waals surface area contributed by atoms with Crippen molar-refractivity contribution in [2.45, 2.75) is 105 Å². The van der Waals surface area contributed by atoms with Gasteiger partial charge >= 0.3 is 127 Å². The molecule has 4 rings (SSSR count). The third-order valence-corrected chi connectivity index (χ3v) is 12.1.